The van der Waals surface area contributed by atoms with E-state index in [1.54, 1.807) is 20.1 Å². The van der Waals surface area contributed by atoms with Gasteiger partial charge in [-0.25, -0.2) is 9.97 Å². The minimum atomic E-state index is -4.45. The molecule has 0 radical (unpaired) electrons. The fourth-order valence-electron chi connectivity index (χ4n) is 5.13. The van der Waals surface area contributed by atoms with Crippen molar-refractivity contribution in [2.75, 3.05) is 38.7 Å². The van der Waals surface area contributed by atoms with Gasteiger partial charge in [0.1, 0.15) is 17.3 Å². The summed E-state index contributed by atoms with van der Waals surface area (Å²) in [6.07, 6.45) is -0.0336. The average molecular weight is 534 g/mol. The van der Waals surface area contributed by atoms with Gasteiger partial charge in [-0.15, -0.1) is 0 Å². The van der Waals surface area contributed by atoms with Crippen molar-refractivity contribution in [3.8, 4) is 0 Å². The molecule has 2 aromatic rings. The number of benzene rings is 1. The maximum absolute atomic E-state index is 13.6. The van der Waals surface area contributed by atoms with Crippen molar-refractivity contribution in [2.24, 2.45) is 0 Å². The summed E-state index contributed by atoms with van der Waals surface area (Å²) in [5.74, 6) is 0.937. The zero-order valence-electron chi connectivity index (χ0n) is 21.7. The first-order valence-electron chi connectivity index (χ1n) is 13.2. The third kappa shape index (κ3) is 6.10. The number of anilines is 2. The number of likely N-dealkylation sites (tertiary alicyclic amines) is 1. The van der Waals surface area contributed by atoms with E-state index < -0.39 is 11.7 Å². The smallest absolute Gasteiger partial charge is 0.379 e. The number of ether oxygens (including phenoxy) is 2. The number of amides is 1. The Kier molecular flexibility index (Phi) is 7.88. The molecular weight excluding hydrogens is 499 g/mol. The topological polar surface area (TPSA) is 88.6 Å². The standard InChI is InChI=1S/C27H34F3N5O3/c1-16-23(26(36)35-11-8-19(9-12-35)31-21-10-13-38-15-22(21)37-2)33-25(17-6-7-17)34-24(16)32-20-5-3-4-18(14-20)27(28,29)30/h3-5,14,17,19,21-22,31H,6-13,15H2,1-2H3,(H,32,33,34)/t21-,22+/m1/s1. The van der Waals surface area contributed by atoms with Crippen LogP contribution in [-0.4, -0.2) is 72.4 Å². The molecule has 0 unspecified atom stereocenters. The van der Waals surface area contributed by atoms with E-state index in [2.05, 4.69) is 20.6 Å². The summed E-state index contributed by atoms with van der Waals surface area (Å²) in [4.78, 5) is 24.6. The van der Waals surface area contributed by atoms with Gasteiger partial charge in [-0.05, 0) is 57.2 Å². The van der Waals surface area contributed by atoms with Crippen molar-refractivity contribution < 1.29 is 27.4 Å². The van der Waals surface area contributed by atoms with E-state index in [0.717, 1.165) is 44.2 Å². The number of methoxy groups -OCH3 is 1. The predicted molar refractivity (Wildman–Crippen MR) is 136 cm³/mol. The van der Waals surface area contributed by atoms with Crippen LogP contribution in [0.2, 0.25) is 0 Å². The molecule has 0 spiro atoms. The van der Waals surface area contributed by atoms with Crippen molar-refractivity contribution in [1.29, 1.82) is 0 Å². The summed E-state index contributed by atoms with van der Waals surface area (Å²) in [6, 6.07) is 5.49. The summed E-state index contributed by atoms with van der Waals surface area (Å²) >= 11 is 0. The van der Waals surface area contributed by atoms with Crippen LogP contribution in [0.25, 0.3) is 0 Å². The minimum Gasteiger partial charge on any atom is -0.379 e. The molecule has 3 fully saturated rings. The lowest BCUT2D eigenvalue weighted by atomic mass is 9.99. The Morgan fingerprint density at radius 3 is 2.58 bits per heavy atom. The van der Waals surface area contributed by atoms with Crippen LogP contribution in [0.5, 0.6) is 0 Å². The van der Waals surface area contributed by atoms with Gasteiger partial charge in [0.15, 0.2) is 0 Å². The van der Waals surface area contributed by atoms with Crippen LogP contribution in [0.4, 0.5) is 24.7 Å². The van der Waals surface area contributed by atoms with E-state index in [1.807, 2.05) is 4.90 Å². The predicted octanol–water partition coefficient (Wildman–Crippen LogP) is 4.42. The lowest BCUT2D eigenvalue weighted by Crippen LogP contribution is -2.54. The van der Waals surface area contributed by atoms with Crippen LogP contribution in [0.15, 0.2) is 24.3 Å². The molecule has 0 bridgehead atoms. The lowest BCUT2D eigenvalue weighted by molar-refractivity contribution is -0.137. The molecule has 1 amide bonds. The van der Waals surface area contributed by atoms with E-state index >= 15 is 0 Å². The lowest BCUT2D eigenvalue weighted by Gasteiger charge is -2.38. The van der Waals surface area contributed by atoms with Gasteiger partial charge < -0.3 is 25.0 Å². The molecular formula is C27H34F3N5O3. The monoisotopic (exact) mass is 533 g/mol. The fourth-order valence-corrected chi connectivity index (χ4v) is 5.13. The van der Waals surface area contributed by atoms with Crippen LogP contribution in [0.3, 0.4) is 0 Å². The van der Waals surface area contributed by atoms with Crippen molar-refractivity contribution in [2.45, 2.75) is 69.3 Å². The molecule has 3 heterocycles. The van der Waals surface area contributed by atoms with E-state index in [9.17, 15) is 18.0 Å². The number of aromatic nitrogens is 2. The maximum atomic E-state index is 13.6. The van der Waals surface area contributed by atoms with Gasteiger partial charge in [-0.2, -0.15) is 13.2 Å². The Balaban J connectivity index is 1.30. The molecule has 2 aliphatic heterocycles. The van der Waals surface area contributed by atoms with Crippen LogP contribution in [0.1, 0.15) is 65.5 Å². The summed E-state index contributed by atoms with van der Waals surface area (Å²) in [7, 11) is 1.70. The molecule has 5 rings (SSSR count). The minimum absolute atomic E-state index is 0.0238. The van der Waals surface area contributed by atoms with Crippen LogP contribution >= 0.6 is 0 Å². The second-order valence-corrected chi connectivity index (χ2v) is 10.4. The van der Waals surface area contributed by atoms with E-state index in [0.29, 0.717) is 49.2 Å². The SMILES string of the molecule is CO[C@H]1COCC[C@H]1NC1CCN(C(=O)c2nc(C3CC3)nc(Nc3cccc(C(F)(F)F)c3)c2C)CC1. The highest BCUT2D eigenvalue weighted by Crippen LogP contribution is 2.39. The molecule has 1 saturated carbocycles. The summed E-state index contributed by atoms with van der Waals surface area (Å²) in [5.41, 5.74) is 0.354. The molecule has 2 saturated heterocycles. The zero-order valence-corrected chi connectivity index (χ0v) is 21.7. The Hall–Kier alpha value is -2.76. The second-order valence-electron chi connectivity index (χ2n) is 10.4. The number of hydrogen-bond donors (Lipinski definition) is 2. The first-order chi connectivity index (χ1) is 18.2. The van der Waals surface area contributed by atoms with Crippen LogP contribution < -0.4 is 10.6 Å². The number of nitrogens with zero attached hydrogens (tertiary/aromatic N) is 3. The normalized spacial score (nSPS) is 22.9. The van der Waals surface area contributed by atoms with Crippen molar-refractivity contribution in [3.63, 3.8) is 0 Å². The summed E-state index contributed by atoms with van der Waals surface area (Å²) in [5, 5.41) is 6.71. The van der Waals surface area contributed by atoms with Gasteiger partial charge in [-0.3, -0.25) is 4.79 Å². The van der Waals surface area contributed by atoms with E-state index in [4.69, 9.17) is 9.47 Å². The largest absolute Gasteiger partial charge is 0.416 e. The number of carbonyl (C=O) groups is 1. The van der Waals surface area contributed by atoms with E-state index in [-0.39, 0.29) is 35.7 Å². The maximum Gasteiger partial charge on any atom is 0.416 e. The zero-order chi connectivity index (χ0) is 26.9. The van der Waals surface area contributed by atoms with Crippen molar-refractivity contribution in [3.05, 3.63) is 46.9 Å². The molecule has 2 N–H and O–H groups in total. The highest BCUT2D eigenvalue weighted by molar-refractivity contribution is 5.95. The molecule has 1 aliphatic carbocycles. The molecule has 2 atom stereocenters. The number of nitrogens with one attached hydrogen (secondary N) is 2. The second kappa shape index (κ2) is 11.2. The first kappa shape index (κ1) is 26.8. The fraction of sp³-hybridized carbons (Fsp3) is 0.593. The van der Waals surface area contributed by atoms with Gasteiger partial charge in [0, 0.05) is 56.1 Å². The number of carbonyl (C=O) groups excluding carboxylic acids is 1. The quantitative estimate of drug-likeness (QED) is 0.545. The van der Waals surface area contributed by atoms with Crippen LogP contribution in [-0.2, 0) is 15.7 Å². The van der Waals surface area contributed by atoms with Crippen molar-refractivity contribution in [1.82, 2.24) is 20.2 Å². The average Bonchev–Trinajstić information content (AvgIpc) is 3.76. The van der Waals surface area contributed by atoms with Gasteiger partial charge in [0.2, 0.25) is 0 Å². The summed E-state index contributed by atoms with van der Waals surface area (Å²) < 4.78 is 50.7. The summed E-state index contributed by atoms with van der Waals surface area (Å²) in [6.45, 7) is 4.22. The number of hydrogen-bond acceptors (Lipinski definition) is 7. The van der Waals surface area contributed by atoms with Crippen LogP contribution in [0, 0.1) is 6.92 Å². The Labute approximate surface area is 220 Å². The van der Waals surface area contributed by atoms with Crippen molar-refractivity contribution >= 4 is 17.4 Å². The Morgan fingerprint density at radius 2 is 1.89 bits per heavy atom. The van der Waals surface area contributed by atoms with Gasteiger partial charge >= 0.3 is 6.18 Å². The highest BCUT2D eigenvalue weighted by Gasteiger charge is 2.34. The molecule has 1 aromatic carbocycles. The Morgan fingerprint density at radius 1 is 1.13 bits per heavy atom. The first-order valence-corrected chi connectivity index (χ1v) is 13.2. The molecule has 1 aromatic heterocycles. The number of alkyl halides is 3. The number of rotatable bonds is 7. The third-order valence-electron chi connectivity index (χ3n) is 7.60. The number of piperidine rings is 1. The highest BCUT2D eigenvalue weighted by atomic mass is 19.4. The third-order valence-corrected chi connectivity index (χ3v) is 7.60. The molecule has 206 valence electrons. The molecule has 11 heteroatoms. The molecule has 3 aliphatic rings. The van der Waals surface area contributed by atoms with Gasteiger partial charge in [0.05, 0.1) is 18.3 Å². The molecule has 38 heavy (non-hydrogen) atoms. The van der Waals surface area contributed by atoms with E-state index in [1.165, 1.54) is 6.07 Å². The van der Waals surface area contributed by atoms with Gasteiger partial charge in [-0.1, -0.05) is 6.07 Å². The molecule has 8 nitrogen and oxygen atoms in total. The number of halogens is 3. The Bertz CT molecular complexity index is 1150. The van der Waals surface area contributed by atoms with Gasteiger partial charge in [0.25, 0.3) is 5.91 Å².